The number of allylic oxidation sites excluding steroid dienone is 2. The molecule has 0 amide bonds. The van der Waals surface area contributed by atoms with Crippen LogP contribution < -0.4 is 15.5 Å². The Morgan fingerprint density at radius 3 is 1.71 bits per heavy atom. The van der Waals surface area contributed by atoms with E-state index in [0.717, 1.165) is 0 Å². The van der Waals surface area contributed by atoms with Crippen LogP contribution in [0, 0.1) is 0 Å². The molecular weight excluding hydrogens is 216 g/mol. The maximum Gasteiger partial charge on any atom is 0.233 e. The molecule has 6 nitrogen and oxygen atoms in total. The van der Waals surface area contributed by atoms with Crippen molar-refractivity contribution in [2.75, 3.05) is 29.6 Å². The molecule has 0 aliphatic carbocycles. The van der Waals surface area contributed by atoms with Crippen LogP contribution in [0.1, 0.15) is 13.8 Å². The van der Waals surface area contributed by atoms with Crippen LogP contribution in [-0.4, -0.2) is 29.0 Å². The summed E-state index contributed by atoms with van der Waals surface area (Å²) >= 11 is 0. The highest BCUT2D eigenvalue weighted by atomic mass is 15.3. The molecule has 0 aliphatic heterocycles. The Labute approximate surface area is 101 Å². The minimum atomic E-state index is 0.508. The van der Waals surface area contributed by atoms with E-state index in [2.05, 4.69) is 25.6 Å². The van der Waals surface area contributed by atoms with Crippen LogP contribution in [0.2, 0.25) is 0 Å². The van der Waals surface area contributed by atoms with Crippen molar-refractivity contribution in [1.29, 1.82) is 0 Å². The van der Waals surface area contributed by atoms with Gasteiger partial charge in [0.25, 0.3) is 0 Å². The molecular formula is C11H18N6. The zero-order valence-corrected chi connectivity index (χ0v) is 10.6. The highest BCUT2D eigenvalue weighted by Gasteiger charge is 2.05. The molecule has 92 valence electrons. The molecule has 1 aromatic heterocycles. The van der Waals surface area contributed by atoms with E-state index in [1.807, 2.05) is 45.0 Å². The first-order valence-corrected chi connectivity index (χ1v) is 5.36. The van der Waals surface area contributed by atoms with Crippen molar-refractivity contribution in [1.82, 2.24) is 15.0 Å². The van der Waals surface area contributed by atoms with E-state index in [-0.39, 0.29) is 0 Å². The number of anilines is 3. The normalized spacial score (nSPS) is 11.1. The van der Waals surface area contributed by atoms with Gasteiger partial charge in [0.2, 0.25) is 17.8 Å². The molecule has 0 spiro atoms. The van der Waals surface area contributed by atoms with Gasteiger partial charge in [0.15, 0.2) is 0 Å². The topological polar surface area (TPSA) is 66.0 Å². The van der Waals surface area contributed by atoms with Crippen molar-refractivity contribution in [3.63, 3.8) is 0 Å². The van der Waals surface area contributed by atoms with E-state index >= 15 is 0 Å². The third-order valence-corrected chi connectivity index (χ3v) is 1.78. The average molecular weight is 234 g/mol. The van der Waals surface area contributed by atoms with Gasteiger partial charge in [-0.05, 0) is 26.2 Å². The molecule has 1 rings (SSSR count). The summed E-state index contributed by atoms with van der Waals surface area (Å²) < 4.78 is 0. The average Bonchev–Trinajstić information content (AvgIpc) is 2.33. The fourth-order valence-electron chi connectivity index (χ4n) is 1.01. The van der Waals surface area contributed by atoms with Gasteiger partial charge in [0.05, 0.1) is 0 Å². The number of hydrogen-bond acceptors (Lipinski definition) is 6. The molecule has 2 N–H and O–H groups in total. The lowest BCUT2D eigenvalue weighted by Crippen LogP contribution is -2.15. The Bertz CT molecular complexity index is 378. The summed E-state index contributed by atoms with van der Waals surface area (Å²) in [6, 6.07) is 0. The Kier molecular flexibility index (Phi) is 4.93. The summed E-state index contributed by atoms with van der Waals surface area (Å²) in [4.78, 5) is 14.6. The molecule has 0 bridgehead atoms. The lowest BCUT2D eigenvalue weighted by atomic mass is 10.6. The highest BCUT2D eigenvalue weighted by Crippen LogP contribution is 2.11. The SMILES string of the molecule is CC=CNc1nc(NC=CC)nc(N(C)C)n1. The highest BCUT2D eigenvalue weighted by molar-refractivity contribution is 5.45. The molecule has 17 heavy (non-hydrogen) atoms. The Morgan fingerprint density at radius 1 is 0.882 bits per heavy atom. The van der Waals surface area contributed by atoms with Crippen LogP contribution in [0.5, 0.6) is 0 Å². The Morgan fingerprint density at radius 2 is 1.35 bits per heavy atom. The second-order valence-corrected chi connectivity index (χ2v) is 3.47. The Balaban J connectivity index is 3.00. The standard InChI is InChI=1S/C11H18N6/c1-5-7-12-9-14-10(13-8-6-2)16-11(15-9)17(3)4/h5-8H,1-4H3,(H2,12,13,14,15,16). The number of hydrogen-bond donors (Lipinski definition) is 2. The summed E-state index contributed by atoms with van der Waals surface area (Å²) in [5.74, 6) is 1.61. The van der Waals surface area contributed by atoms with E-state index in [9.17, 15) is 0 Å². The minimum absolute atomic E-state index is 0.508. The van der Waals surface area contributed by atoms with Crippen LogP contribution >= 0.6 is 0 Å². The van der Waals surface area contributed by atoms with Crippen LogP contribution in [0.15, 0.2) is 24.6 Å². The maximum atomic E-state index is 4.26. The van der Waals surface area contributed by atoms with Crippen molar-refractivity contribution in [3.05, 3.63) is 24.6 Å². The number of aromatic nitrogens is 3. The lowest BCUT2D eigenvalue weighted by Gasteiger charge is -2.12. The molecule has 6 heteroatoms. The van der Waals surface area contributed by atoms with Crippen LogP contribution in [0.25, 0.3) is 0 Å². The molecule has 0 aromatic carbocycles. The second kappa shape index (κ2) is 6.47. The monoisotopic (exact) mass is 234 g/mol. The first-order chi connectivity index (χ1) is 8.17. The fraction of sp³-hybridized carbons (Fsp3) is 0.364. The van der Waals surface area contributed by atoms with E-state index < -0.39 is 0 Å². The zero-order chi connectivity index (χ0) is 12.7. The van der Waals surface area contributed by atoms with E-state index in [0.29, 0.717) is 17.8 Å². The lowest BCUT2D eigenvalue weighted by molar-refractivity contribution is 0.965. The van der Waals surface area contributed by atoms with E-state index in [4.69, 9.17) is 0 Å². The van der Waals surface area contributed by atoms with Gasteiger partial charge < -0.3 is 15.5 Å². The Hall–Kier alpha value is -2.11. The second-order valence-electron chi connectivity index (χ2n) is 3.47. The third kappa shape index (κ3) is 4.10. The van der Waals surface area contributed by atoms with Gasteiger partial charge in [-0.3, -0.25) is 0 Å². The van der Waals surface area contributed by atoms with Gasteiger partial charge in [-0.15, -0.1) is 0 Å². The molecule has 0 atom stereocenters. The zero-order valence-electron chi connectivity index (χ0n) is 10.6. The van der Waals surface area contributed by atoms with Crippen LogP contribution in [0.3, 0.4) is 0 Å². The van der Waals surface area contributed by atoms with Gasteiger partial charge >= 0.3 is 0 Å². The number of rotatable bonds is 5. The van der Waals surface area contributed by atoms with Crippen molar-refractivity contribution < 1.29 is 0 Å². The molecule has 0 radical (unpaired) electrons. The van der Waals surface area contributed by atoms with Crippen molar-refractivity contribution in [2.45, 2.75) is 13.8 Å². The fourth-order valence-corrected chi connectivity index (χ4v) is 1.01. The number of nitrogens with zero attached hydrogens (tertiary/aromatic N) is 4. The van der Waals surface area contributed by atoms with E-state index in [1.165, 1.54) is 0 Å². The molecule has 1 aromatic rings. The maximum absolute atomic E-state index is 4.26. The van der Waals surface area contributed by atoms with Gasteiger partial charge in [0, 0.05) is 14.1 Å². The summed E-state index contributed by atoms with van der Waals surface area (Å²) in [5.41, 5.74) is 0. The first kappa shape index (κ1) is 13.0. The molecule has 0 saturated carbocycles. The van der Waals surface area contributed by atoms with Crippen LogP contribution in [-0.2, 0) is 0 Å². The van der Waals surface area contributed by atoms with Crippen LogP contribution in [0.4, 0.5) is 17.8 Å². The van der Waals surface area contributed by atoms with Gasteiger partial charge in [-0.25, -0.2) is 0 Å². The van der Waals surface area contributed by atoms with Gasteiger partial charge in [0.1, 0.15) is 0 Å². The summed E-state index contributed by atoms with van der Waals surface area (Å²) in [6.45, 7) is 3.83. The first-order valence-electron chi connectivity index (χ1n) is 5.36. The van der Waals surface area contributed by atoms with Crippen molar-refractivity contribution in [2.24, 2.45) is 0 Å². The quantitative estimate of drug-likeness (QED) is 0.810. The third-order valence-electron chi connectivity index (χ3n) is 1.78. The minimum Gasteiger partial charge on any atom is -0.347 e. The predicted molar refractivity (Wildman–Crippen MR) is 71.0 cm³/mol. The molecule has 1 heterocycles. The number of nitrogens with one attached hydrogen (secondary N) is 2. The van der Waals surface area contributed by atoms with E-state index in [1.54, 1.807) is 12.4 Å². The smallest absolute Gasteiger partial charge is 0.233 e. The largest absolute Gasteiger partial charge is 0.347 e. The predicted octanol–water partition coefficient (Wildman–Crippen LogP) is 1.83. The molecule has 0 aliphatic rings. The summed E-state index contributed by atoms with van der Waals surface area (Å²) in [7, 11) is 3.77. The van der Waals surface area contributed by atoms with Crippen molar-refractivity contribution >= 4 is 17.8 Å². The summed E-state index contributed by atoms with van der Waals surface area (Å²) in [5, 5.41) is 5.95. The van der Waals surface area contributed by atoms with Gasteiger partial charge in [-0.2, -0.15) is 15.0 Å². The van der Waals surface area contributed by atoms with Gasteiger partial charge in [-0.1, -0.05) is 12.2 Å². The molecule has 0 fully saturated rings. The molecule has 0 saturated heterocycles. The van der Waals surface area contributed by atoms with Crippen molar-refractivity contribution in [3.8, 4) is 0 Å². The molecule has 0 unspecified atom stereocenters. The summed E-state index contributed by atoms with van der Waals surface area (Å²) in [6.07, 6.45) is 7.29.